The predicted molar refractivity (Wildman–Crippen MR) is 87.2 cm³/mol. The average molecular weight is 310 g/mol. The average Bonchev–Trinajstić information content (AvgIpc) is 2.40. The predicted octanol–water partition coefficient (Wildman–Crippen LogP) is 2.58. The number of amides is 1. The van der Waals surface area contributed by atoms with Gasteiger partial charge in [-0.05, 0) is 27.7 Å². The highest BCUT2D eigenvalue weighted by Gasteiger charge is 2.17. The van der Waals surface area contributed by atoms with Crippen LogP contribution in [-0.2, 0) is 19.1 Å². The molecule has 22 heavy (non-hydrogen) atoms. The van der Waals surface area contributed by atoms with Crippen LogP contribution in [0.4, 0.5) is 0 Å². The third kappa shape index (κ3) is 10.0. The van der Waals surface area contributed by atoms with Gasteiger partial charge in [-0.2, -0.15) is 4.79 Å². The van der Waals surface area contributed by atoms with E-state index in [1.807, 2.05) is 27.7 Å². The van der Waals surface area contributed by atoms with Crippen LogP contribution in [0.3, 0.4) is 0 Å². The second-order valence-electron chi connectivity index (χ2n) is 5.88. The Morgan fingerprint density at radius 1 is 1.27 bits per heavy atom. The van der Waals surface area contributed by atoms with Crippen molar-refractivity contribution in [2.75, 3.05) is 20.3 Å². The first-order valence-electron chi connectivity index (χ1n) is 7.36. The van der Waals surface area contributed by atoms with Gasteiger partial charge in [-0.3, -0.25) is 10.1 Å². The first kappa shape index (κ1) is 20.2. The minimum absolute atomic E-state index is 0.162. The summed E-state index contributed by atoms with van der Waals surface area (Å²) in [5.74, 6) is -0.448. The molecule has 0 aliphatic heterocycles. The van der Waals surface area contributed by atoms with Crippen LogP contribution in [-0.4, -0.2) is 37.7 Å². The second kappa shape index (κ2) is 10.1. The summed E-state index contributed by atoms with van der Waals surface area (Å²) in [6, 6.07) is 0. The van der Waals surface area contributed by atoms with Crippen LogP contribution in [0.15, 0.2) is 23.3 Å². The highest BCUT2D eigenvalue weighted by atomic mass is 16.6. The number of ether oxygens (including phenoxy) is 2. The number of carbonyl (C=O) groups excluding carboxylic acids is 2. The van der Waals surface area contributed by atoms with Crippen LogP contribution in [0.25, 0.3) is 0 Å². The van der Waals surface area contributed by atoms with Gasteiger partial charge in [0.1, 0.15) is 5.60 Å². The maximum atomic E-state index is 11.9. The van der Waals surface area contributed by atoms with Crippen LogP contribution in [0.1, 0.15) is 41.0 Å². The van der Waals surface area contributed by atoms with E-state index in [-0.39, 0.29) is 18.3 Å². The summed E-state index contributed by atoms with van der Waals surface area (Å²) in [5, 5.41) is 2.75. The van der Waals surface area contributed by atoms with E-state index in [2.05, 4.69) is 5.32 Å². The van der Waals surface area contributed by atoms with Crippen molar-refractivity contribution in [2.24, 2.45) is 0 Å². The highest BCUT2D eigenvalue weighted by Crippen LogP contribution is 2.11. The van der Waals surface area contributed by atoms with Crippen LogP contribution in [0.5, 0.6) is 0 Å². The van der Waals surface area contributed by atoms with Crippen LogP contribution >= 0.6 is 0 Å². The van der Waals surface area contributed by atoms with Gasteiger partial charge in [-0.25, -0.2) is 0 Å². The van der Waals surface area contributed by atoms with Crippen LogP contribution < -0.4 is 5.32 Å². The number of hydrogen-bond donors (Lipinski definition) is 1. The Labute approximate surface area is 133 Å². The lowest BCUT2D eigenvalue weighted by atomic mass is 10.1. The van der Waals surface area contributed by atoms with Gasteiger partial charge >= 0.3 is 11.9 Å². The van der Waals surface area contributed by atoms with E-state index >= 15 is 0 Å². The zero-order valence-electron chi connectivity index (χ0n) is 14.5. The molecule has 0 rings (SSSR count). The second-order valence-corrected chi connectivity index (χ2v) is 5.88. The molecule has 0 aromatic rings. The lowest BCUT2D eigenvalue weighted by Crippen LogP contribution is -2.28. The Balaban J connectivity index is 4.60. The maximum absolute atomic E-state index is 11.9. The fourth-order valence-electron chi connectivity index (χ4n) is 1.58. The van der Waals surface area contributed by atoms with Crippen LogP contribution in [0.2, 0.25) is 0 Å². The van der Waals surface area contributed by atoms with Gasteiger partial charge in [0.15, 0.2) is 5.57 Å². The third-order valence-corrected chi connectivity index (χ3v) is 2.56. The van der Waals surface area contributed by atoms with Crippen molar-refractivity contribution in [3.63, 3.8) is 0 Å². The van der Waals surface area contributed by atoms with E-state index in [9.17, 15) is 9.59 Å². The smallest absolute Gasteiger partial charge is 0.360 e. The maximum Gasteiger partial charge on any atom is 0.360 e. The topological polar surface area (TPSA) is 64.6 Å². The zero-order valence-corrected chi connectivity index (χ0v) is 14.5. The molecule has 5 heteroatoms. The fourth-order valence-corrected chi connectivity index (χ4v) is 1.58. The van der Waals surface area contributed by atoms with E-state index < -0.39 is 5.60 Å². The molecule has 1 N–H and O–H groups in total. The van der Waals surface area contributed by atoms with Crippen LogP contribution in [0, 0.1) is 6.42 Å². The van der Waals surface area contributed by atoms with Crippen molar-refractivity contribution in [2.45, 2.75) is 46.6 Å². The van der Waals surface area contributed by atoms with E-state index in [1.54, 1.807) is 32.6 Å². The van der Waals surface area contributed by atoms with Gasteiger partial charge in [-0.1, -0.05) is 6.08 Å². The molecule has 124 valence electrons. The lowest BCUT2D eigenvalue weighted by Gasteiger charge is -2.18. The SMILES string of the molecule is C[CH+]C(=CC(C)=CCC(=O)OC(C)(C)C)C(=O)NCCOC. The number of methoxy groups -OCH3 is 1. The number of hydrogen-bond acceptors (Lipinski definition) is 4. The van der Waals surface area contributed by atoms with Crippen molar-refractivity contribution >= 4 is 11.9 Å². The Morgan fingerprint density at radius 3 is 2.41 bits per heavy atom. The number of carbonyl (C=O) groups is 2. The molecule has 0 fully saturated rings. The summed E-state index contributed by atoms with van der Waals surface area (Å²) in [7, 11) is 1.58. The Bertz CT molecular complexity index is 430. The first-order valence-corrected chi connectivity index (χ1v) is 7.36. The monoisotopic (exact) mass is 310 g/mol. The number of allylic oxidation sites excluding steroid dienone is 2. The van der Waals surface area contributed by atoms with Crippen molar-refractivity contribution in [1.82, 2.24) is 5.32 Å². The zero-order chi connectivity index (χ0) is 17.2. The van der Waals surface area contributed by atoms with Gasteiger partial charge in [0.25, 0.3) is 0 Å². The quantitative estimate of drug-likeness (QED) is 0.246. The molecule has 0 unspecified atom stereocenters. The largest absolute Gasteiger partial charge is 0.460 e. The molecule has 1 amide bonds. The summed E-state index contributed by atoms with van der Waals surface area (Å²) in [6.45, 7) is 10.1. The minimum atomic E-state index is -0.488. The molecule has 0 spiro atoms. The molecule has 0 aliphatic rings. The van der Waals surface area contributed by atoms with Gasteiger partial charge in [0.2, 0.25) is 0 Å². The van der Waals surface area contributed by atoms with Crippen molar-refractivity contribution in [3.05, 3.63) is 29.7 Å². The Morgan fingerprint density at radius 2 is 1.91 bits per heavy atom. The summed E-state index contributed by atoms with van der Waals surface area (Å²) < 4.78 is 10.1. The molecule has 5 nitrogen and oxygen atoms in total. The highest BCUT2D eigenvalue weighted by molar-refractivity contribution is 5.95. The summed E-state index contributed by atoms with van der Waals surface area (Å²) in [5.41, 5.74) is 0.896. The van der Waals surface area contributed by atoms with Crippen molar-refractivity contribution in [1.29, 1.82) is 0 Å². The number of esters is 1. The molecule has 0 heterocycles. The molecule has 0 saturated carbocycles. The van der Waals surface area contributed by atoms with Crippen molar-refractivity contribution in [3.8, 4) is 0 Å². The number of rotatable bonds is 8. The number of nitrogens with one attached hydrogen (secondary N) is 1. The molecule has 0 bridgehead atoms. The van der Waals surface area contributed by atoms with E-state index in [0.29, 0.717) is 18.7 Å². The third-order valence-electron chi connectivity index (χ3n) is 2.56. The molecule has 0 aromatic carbocycles. The van der Waals surface area contributed by atoms with E-state index in [1.165, 1.54) is 0 Å². The molecule has 0 aromatic heterocycles. The van der Waals surface area contributed by atoms with E-state index in [4.69, 9.17) is 9.47 Å². The summed E-state index contributed by atoms with van der Waals surface area (Å²) in [4.78, 5) is 23.6. The lowest BCUT2D eigenvalue weighted by molar-refractivity contribution is -0.153. The molecule has 0 saturated heterocycles. The first-order chi connectivity index (χ1) is 10.2. The Kier molecular flexibility index (Phi) is 9.26. The van der Waals surface area contributed by atoms with E-state index in [0.717, 1.165) is 5.57 Å². The summed E-state index contributed by atoms with van der Waals surface area (Å²) >= 11 is 0. The van der Waals surface area contributed by atoms with Gasteiger partial charge < -0.3 is 9.47 Å². The molecule has 0 aliphatic carbocycles. The van der Waals surface area contributed by atoms with Gasteiger partial charge in [0, 0.05) is 26.0 Å². The molecular formula is C17H28NO4+. The standard InChI is InChI=1S/C17H27NO4/c1-7-14(16(20)18-10-11-21-6)12-13(2)8-9-15(19)22-17(3,4)5/h7-8,12H,9-11H2,1-6H3/p+1. The minimum Gasteiger partial charge on any atom is -0.460 e. The molecule has 0 radical (unpaired) electrons. The van der Waals surface area contributed by atoms with Crippen molar-refractivity contribution < 1.29 is 19.1 Å². The molecule has 0 atom stereocenters. The fraction of sp³-hybridized carbons (Fsp3) is 0.588. The normalized spacial score (nSPS) is 12.8. The Hall–Kier alpha value is -1.75. The molecular weight excluding hydrogens is 282 g/mol. The van der Waals surface area contributed by atoms with Gasteiger partial charge in [0.05, 0.1) is 25.6 Å². The van der Waals surface area contributed by atoms with Gasteiger partial charge in [-0.15, -0.1) is 0 Å². The summed E-state index contributed by atoms with van der Waals surface area (Å²) in [6.07, 6.45) is 5.40.